The van der Waals surface area contributed by atoms with Crippen molar-refractivity contribution in [2.75, 3.05) is 47.1 Å². The number of piperidine rings is 1. The number of nitrogens with zero attached hydrogens (tertiary/aromatic N) is 1. The molecule has 0 aromatic heterocycles. The SMILES string of the molecule is COCC[C@]1(O)CCN(CC2=Cc3cccc(OC)c3OC2)C[C@H]1C. The van der Waals surface area contributed by atoms with Crippen molar-refractivity contribution < 1.29 is 19.3 Å². The van der Waals surface area contributed by atoms with Crippen molar-refractivity contribution >= 4 is 6.08 Å². The zero-order valence-corrected chi connectivity index (χ0v) is 15.5. The van der Waals surface area contributed by atoms with Crippen LogP contribution in [0.1, 0.15) is 25.3 Å². The molecule has 1 N–H and O–H groups in total. The summed E-state index contributed by atoms with van der Waals surface area (Å²) < 4.78 is 16.4. The van der Waals surface area contributed by atoms with Crippen molar-refractivity contribution in [1.82, 2.24) is 4.90 Å². The first kappa shape index (κ1) is 18.2. The van der Waals surface area contributed by atoms with E-state index in [1.54, 1.807) is 14.2 Å². The van der Waals surface area contributed by atoms with Crippen LogP contribution in [-0.2, 0) is 4.74 Å². The van der Waals surface area contributed by atoms with E-state index in [0.29, 0.717) is 19.6 Å². The lowest BCUT2D eigenvalue weighted by atomic mass is 9.79. The fraction of sp³-hybridized carbons (Fsp3) is 0.600. The van der Waals surface area contributed by atoms with Gasteiger partial charge in [0.1, 0.15) is 6.61 Å². The summed E-state index contributed by atoms with van der Waals surface area (Å²) in [6.07, 6.45) is 3.70. The Morgan fingerprint density at radius 2 is 2.20 bits per heavy atom. The third kappa shape index (κ3) is 4.00. The summed E-state index contributed by atoms with van der Waals surface area (Å²) in [6.45, 7) is 6.00. The molecule has 1 fully saturated rings. The number of benzene rings is 1. The molecule has 2 atom stereocenters. The highest BCUT2D eigenvalue weighted by Crippen LogP contribution is 2.36. The Bertz CT molecular complexity index is 630. The van der Waals surface area contributed by atoms with E-state index in [9.17, 15) is 5.11 Å². The molecule has 1 aromatic carbocycles. The van der Waals surface area contributed by atoms with E-state index in [-0.39, 0.29) is 5.92 Å². The molecule has 2 aliphatic heterocycles. The Labute approximate surface area is 150 Å². The van der Waals surface area contributed by atoms with Gasteiger partial charge in [-0.2, -0.15) is 0 Å². The lowest BCUT2D eigenvalue weighted by molar-refractivity contribution is -0.0798. The molecule has 0 unspecified atom stereocenters. The van der Waals surface area contributed by atoms with Gasteiger partial charge in [0, 0.05) is 38.9 Å². The minimum atomic E-state index is -0.607. The molecule has 5 nitrogen and oxygen atoms in total. The number of ether oxygens (including phenoxy) is 3. The average molecular weight is 347 g/mol. The van der Waals surface area contributed by atoms with E-state index in [1.807, 2.05) is 12.1 Å². The van der Waals surface area contributed by atoms with Gasteiger partial charge in [-0.05, 0) is 36.5 Å². The highest BCUT2D eigenvalue weighted by molar-refractivity contribution is 5.66. The van der Waals surface area contributed by atoms with Crippen molar-refractivity contribution in [3.05, 3.63) is 29.3 Å². The van der Waals surface area contributed by atoms with E-state index < -0.39 is 5.60 Å². The van der Waals surface area contributed by atoms with Crippen LogP contribution in [0, 0.1) is 5.92 Å². The molecule has 138 valence electrons. The zero-order chi connectivity index (χ0) is 17.9. The summed E-state index contributed by atoms with van der Waals surface area (Å²) in [7, 11) is 3.35. The first-order chi connectivity index (χ1) is 12.1. The summed E-state index contributed by atoms with van der Waals surface area (Å²) in [4.78, 5) is 2.41. The summed E-state index contributed by atoms with van der Waals surface area (Å²) in [5.74, 6) is 1.84. The maximum Gasteiger partial charge on any atom is 0.168 e. The van der Waals surface area contributed by atoms with Gasteiger partial charge in [-0.15, -0.1) is 0 Å². The van der Waals surface area contributed by atoms with Gasteiger partial charge in [0.25, 0.3) is 0 Å². The molecule has 0 amide bonds. The number of hydrogen-bond acceptors (Lipinski definition) is 5. The molecule has 1 saturated heterocycles. The minimum absolute atomic E-state index is 0.230. The van der Waals surface area contributed by atoms with Crippen molar-refractivity contribution in [3.8, 4) is 11.5 Å². The summed E-state index contributed by atoms with van der Waals surface area (Å²) in [6, 6.07) is 5.96. The Hall–Kier alpha value is -1.56. The number of likely N-dealkylation sites (tertiary alicyclic amines) is 1. The third-order valence-electron chi connectivity index (χ3n) is 5.47. The Balaban J connectivity index is 1.63. The summed E-state index contributed by atoms with van der Waals surface area (Å²) in [5.41, 5.74) is 1.72. The second kappa shape index (κ2) is 7.77. The van der Waals surface area contributed by atoms with Gasteiger partial charge in [0.15, 0.2) is 11.5 Å². The van der Waals surface area contributed by atoms with E-state index in [4.69, 9.17) is 14.2 Å². The molecule has 2 heterocycles. The fourth-order valence-electron chi connectivity index (χ4n) is 3.81. The Kier molecular flexibility index (Phi) is 5.67. The van der Waals surface area contributed by atoms with Crippen LogP contribution < -0.4 is 9.47 Å². The van der Waals surface area contributed by atoms with Crippen LogP contribution in [0.15, 0.2) is 23.8 Å². The normalized spacial score (nSPS) is 26.6. The molecule has 0 aliphatic carbocycles. The minimum Gasteiger partial charge on any atom is -0.493 e. The lowest BCUT2D eigenvalue weighted by Gasteiger charge is -2.43. The van der Waals surface area contributed by atoms with E-state index >= 15 is 0 Å². The molecule has 0 saturated carbocycles. The number of methoxy groups -OCH3 is 2. The quantitative estimate of drug-likeness (QED) is 0.857. The highest BCUT2D eigenvalue weighted by atomic mass is 16.5. The second-order valence-corrected chi connectivity index (χ2v) is 7.20. The Morgan fingerprint density at radius 3 is 2.92 bits per heavy atom. The monoisotopic (exact) mass is 347 g/mol. The zero-order valence-electron chi connectivity index (χ0n) is 15.5. The average Bonchev–Trinajstić information content (AvgIpc) is 2.62. The fourth-order valence-corrected chi connectivity index (χ4v) is 3.81. The molecular weight excluding hydrogens is 318 g/mol. The van der Waals surface area contributed by atoms with Crippen LogP contribution >= 0.6 is 0 Å². The van der Waals surface area contributed by atoms with Crippen molar-refractivity contribution in [1.29, 1.82) is 0 Å². The van der Waals surface area contributed by atoms with E-state index in [2.05, 4.69) is 24.0 Å². The molecule has 2 aliphatic rings. The van der Waals surface area contributed by atoms with Gasteiger partial charge in [-0.1, -0.05) is 19.1 Å². The van der Waals surface area contributed by atoms with Gasteiger partial charge in [-0.25, -0.2) is 0 Å². The van der Waals surface area contributed by atoms with Crippen molar-refractivity contribution in [2.45, 2.75) is 25.4 Å². The first-order valence-electron chi connectivity index (χ1n) is 8.98. The molecule has 0 spiro atoms. The Morgan fingerprint density at radius 1 is 1.36 bits per heavy atom. The van der Waals surface area contributed by atoms with Crippen molar-refractivity contribution in [2.24, 2.45) is 5.92 Å². The number of rotatable bonds is 6. The van der Waals surface area contributed by atoms with Gasteiger partial charge < -0.3 is 19.3 Å². The van der Waals surface area contributed by atoms with Gasteiger partial charge >= 0.3 is 0 Å². The number of aliphatic hydroxyl groups is 1. The molecule has 3 rings (SSSR count). The van der Waals surface area contributed by atoms with E-state index in [0.717, 1.165) is 43.1 Å². The smallest absolute Gasteiger partial charge is 0.168 e. The molecule has 1 aromatic rings. The molecule has 0 bridgehead atoms. The largest absolute Gasteiger partial charge is 0.493 e. The predicted octanol–water partition coefficient (Wildman–Crippen LogP) is 2.58. The number of para-hydroxylation sites is 1. The predicted molar refractivity (Wildman–Crippen MR) is 98.1 cm³/mol. The maximum atomic E-state index is 10.8. The van der Waals surface area contributed by atoms with E-state index in [1.165, 1.54) is 5.57 Å². The van der Waals surface area contributed by atoms with Crippen molar-refractivity contribution in [3.63, 3.8) is 0 Å². The van der Waals surface area contributed by atoms with Gasteiger partial charge in [0.2, 0.25) is 0 Å². The highest BCUT2D eigenvalue weighted by Gasteiger charge is 2.38. The van der Waals surface area contributed by atoms with Crippen LogP contribution in [-0.4, -0.2) is 62.7 Å². The topological polar surface area (TPSA) is 51.2 Å². The van der Waals surface area contributed by atoms with Crippen LogP contribution in [0.2, 0.25) is 0 Å². The molecular formula is C20H29NO4. The maximum absolute atomic E-state index is 10.8. The molecule has 5 heteroatoms. The van der Waals surface area contributed by atoms with Crippen LogP contribution in [0.5, 0.6) is 11.5 Å². The summed E-state index contributed by atoms with van der Waals surface area (Å²) >= 11 is 0. The van der Waals surface area contributed by atoms with Crippen LogP contribution in [0.3, 0.4) is 0 Å². The van der Waals surface area contributed by atoms with Crippen LogP contribution in [0.25, 0.3) is 6.08 Å². The number of fused-ring (bicyclic) bond motifs is 1. The second-order valence-electron chi connectivity index (χ2n) is 7.20. The van der Waals surface area contributed by atoms with Crippen LogP contribution in [0.4, 0.5) is 0 Å². The van der Waals surface area contributed by atoms with Gasteiger partial charge in [0.05, 0.1) is 12.7 Å². The first-order valence-corrected chi connectivity index (χ1v) is 8.98. The van der Waals surface area contributed by atoms with Gasteiger partial charge in [-0.3, -0.25) is 4.90 Å². The number of hydrogen-bond donors (Lipinski definition) is 1. The molecule has 25 heavy (non-hydrogen) atoms. The third-order valence-corrected chi connectivity index (χ3v) is 5.47. The molecule has 0 radical (unpaired) electrons. The standard InChI is InChI=1S/C20H29NO4/c1-15-12-21(9-7-20(15,22)8-10-23-2)13-16-11-17-5-4-6-18(24-3)19(17)25-14-16/h4-6,11,15,22H,7-10,12-14H2,1-3H3/t15-,20-/m1/s1. The summed E-state index contributed by atoms with van der Waals surface area (Å²) in [5, 5.41) is 10.8. The lowest BCUT2D eigenvalue weighted by Crippen LogP contribution is -2.51.